The number of hydrogen-bond acceptors (Lipinski definition) is 5. The van der Waals surface area contributed by atoms with Gasteiger partial charge in [0.1, 0.15) is 0 Å². The predicted molar refractivity (Wildman–Crippen MR) is 96.3 cm³/mol. The van der Waals surface area contributed by atoms with Gasteiger partial charge >= 0.3 is 0 Å². The number of halogens is 2. The summed E-state index contributed by atoms with van der Waals surface area (Å²) in [5.74, 6) is -2.26. The second-order valence-electron chi connectivity index (χ2n) is 5.66. The standard InChI is InChI=1S/C17H13Cl2NO5S/c1-17(11-8-5-9-12(18)13(11)19)15(22)14(21)16(25-17)20-26(23,24)10-6-3-2-4-7-10/h2-9,20-21H,1H3. The van der Waals surface area contributed by atoms with Crippen LogP contribution in [0.5, 0.6) is 0 Å². The average molecular weight is 414 g/mol. The van der Waals surface area contributed by atoms with Gasteiger partial charge in [0.2, 0.25) is 17.2 Å². The molecule has 2 aromatic carbocycles. The van der Waals surface area contributed by atoms with Crippen molar-refractivity contribution in [2.24, 2.45) is 0 Å². The van der Waals surface area contributed by atoms with Gasteiger partial charge in [0, 0.05) is 5.56 Å². The Morgan fingerprint density at radius 3 is 2.38 bits per heavy atom. The number of aliphatic hydroxyl groups excluding tert-OH is 1. The number of aliphatic hydroxyl groups is 1. The number of rotatable bonds is 4. The van der Waals surface area contributed by atoms with Crippen molar-refractivity contribution >= 4 is 39.0 Å². The molecule has 0 spiro atoms. The number of Topliss-reactive ketones (excluding diaryl/α,β-unsaturated/α-hetero) is 1. The van der Waals surface area contributed by atoms with E-state index in [0.29, 0.717) is 0 Å². The number of sulfonamides is 1. The molecular weight excluding hydrogens is 401 g/mol. The van der Waals surface area contributed by atoms with Crippen LogP contribution in [0.25, 0.3) is 0 Å². The number of ketones is 1. The van der Waals surface area contributed by atoms with Crippen LogP contribution in [0.4, 0.5) is 0 Å². The molecule has 2 aromatic rings. The molecule has 1 unspecified atom stereocenters. The molecule has 1 aliphatic rings. The quantitative estimate of drug-likeness (QED) is 0.799. The second kappa shape index (κ2) is 6.50. The molecule has 26 heavy (non-hydrogen) atoms. The van der Waals surface area contributed by atoms with Crippen LogP contribution in [-0.2, 0) is 25.2 Å². The summed E-state index contributed by atoms with van der Waals surface area (Å²) >= 11 is 12.1. The van der Waals surface area contributed by atoms with E-state index < -0.39 is 33.0 Å². The first-order chi connectivity index (χ1) is 12.2. The molecule has 3 rings (SSSR count). The number of benzene rings is 2. The largest absolute Gasteiger partial charge is 0.501 e. The summed E-state index contributed by atoms with van der Waals surface area (Å²) in [6.45, 7) is 1.37. The second-order valence-corrected chi connectivity index (χ2v) is 8.13. The van der Waals surface area contributed by atoms with E-state index in [9.17, 15) is 18.3 Å². The topological polar surface area (TPSA) is 92.7 Å². The van der Waals surface area contributed by atoms with Gasteiger partial charge in [0.05, 0.1) is 14.9 Å². The Balaban J connectivity index is 1.97. The number of hydrogen-bond donors (Lipinski definition) is 2. The van der Waals surface area contributed by atoms with Crippen LogP contribution in [-0.4, -0.2) is 19.3 Å². The molecule has 0 saturated carbocycles. The van der Waals surface area contributed by atoms with Crippen molar-refractivity contribution in [1.29, 1.82) is 0 Å². The fraction of sp³-hybridized carbons (Fsp3) is 0.118. The molecular formula is C17H13Cl2NO5S. The first-order valence-corrected chi connectivity index (χ1v) is 9.60. The molecule has 0 saturated heterocycles. The highest BCUT2D eigenvalue weighted by Gasteiger charge is 2.50. The molecule has 136 valence electrons. The third-order valence-electron chi connectivity index (χ3n) is 3.92. The zero-order valence-electron chi connectivity index (χ0n) is 13.4. The summed E-state index contributed by atoms with van der Waals surface area (Å²) < 4.78 is 32.4. The van der Waals surface area contributed by atoms with E-state index in [1.165, 1.54) is 31.2 Å². The Kier molecular flexibility index (Phi) is 4.64. The summed E-state index contributed by atoms with van der Waals surface area (Å²) in [7, 11) is -4.05. The highest BCUT2D eigenvalue weighted by molar-refractivity contribution is 7.89. The SMILES string of the molecule is CC1(c2cccc(Cl)c2Cl)OC(NS(=O)(=O)c2ccccc2)=C(O)C1=O. The van der Waals surface area contributed by atoms with Gasteiger partial charge in [-0.2, -0.15) is 0 Å². The van der Waals surface area contributed by atoms with Crippen molar-refractivity contribution in [3.8, 4) is 0 Å². The van der Waals surface area contributed by atoms with Gasteiger partial charge in [-0.1, -0.05) is 53.5 Å². The van der Waals surface area contributed by atoms with Gasteiger partial charge in [-0.15, -0.1) is 0 Å². The lowest BCUT2D eigenvalue weighted by atomic mass is 9.91. The predicted octanol–water partition coefficient (Wildman–Crippen LogP) is 3.51. The van der Waals surface area contributed by atoms with E-state index in [2.05, 4.69) is 4.72 Å². The Morgan fingerprint density at radius 2 is 1.73 bits per heavy atom. The van der Waals surface area contributed by atoms with Crippen LogP contribution in [0, 0.1) is 0 Å². The molecule has 0 aliphatic carbocycles. The zero-order chi connectivity index (χ0) is 19.1. The Morgan fingerprint density at radius 1 is 1.08 bits per heavy atom. The van der Waals surface area contributed by atoms with Crippen LogP contribution in [0.15, 0.2) is 65.1 Å². The molecule has 0 amide bonds. The van der Waals surface area contributed by atoms with E-state index in [-0.39, 0.29) is 20.5 Å². The number of carbonyl (C=O) groups excluding carboxylic acids is 1. The summed E-state index contributed by atoms with van der Waals surface area (Å²) in [5.41, 5.74) is -1.52. The highest BCUT2D eigenvalue weighted by atomic mass is 35.5. The maximum atomic E-state index is 12.6. The number of carbonyl (C=O) groups is 1. The Labute approximate surface area is 160 Å². The van der Waals surface area contributed by atoms with E-state index in [1.54, 1.807) is 24.3 Å². The molecule has 6 nitrogen and oxygen atoms in total. The van der Waals surface area contributed by atoms with Gasteiger partial charge in [0.25, 0.3) is 15.8 Å². The van der Waals surface area contributed by atoms with Crippen molar-refractivity contribution in [3.63, 3.8) is 0 Å². The lowest BCUT2D eigenvalue weighted by Crippen LogP contribution is -2.32. The first kappa shape index (κ1) is 18.6. The summed E-state index contributed by atoms with van der Waals surface area (Å²) in [6.07, 6.45) is 0. The smallest absolute Gasteiger partial charge is 0.264 e. The van der Waals surface area contributed by atoms with Crippen molar-refractivity contribution in [3.05, 3.63) is 75.8 Å². The summed E-state index contributed by atoms with van der Waals surface area (Å²) in [4.78, 5) is 12.5. The highest BCUT2D eigenvalue weighted by Crippen LogP contribution is 2.42. The minimum absolute atomic E-state index is 0.0502. The third kappa shape index (κ3) is 3.02. The molecule has 1 aliphatic heterocycles. The van der Waals surface area contributed by atoms with Gasteiger partial charge in [-0.25, -0.2) is 13.1 Å². The Bertz CT molecular complexity index is 1020. The van der Waals surface area contributed by atoms with E-state index in [1.807, 2.05) is 0 Å². The Hall–Kier alpha value is -2.22. The molecule has 0 bridgehead atoms. The molecule has 2 N–H and O–H groups in total. The van der Waals surface area contributed by atoms with Gasteiger partial charge in [-0.3, -0.25) is 4.79 Å². The van der Waals surface area contributed by atoms with Gasteiger partial charge < -0.3 is 9.84 Å². The van der Waals surface area contributed by atoms with Crippen molar-refractivity contribution in [2.45, 2.75) is 17.4 Å². The fourth-order valence-corrected chi connectivity index (χ4v) is 4.02. The van der Waals surface area contributed by atoms with Gasteiger partial charge in [0.15, 0.2) is 0 Å². The summed E-state index contributed by atoms with van der Waals surface area (Å²) in [6, 6.07) is 12.1. The monoisotopic (exact) mass is 413 g/mol. The minimum atomic E-state index is -4.05. The van der Waals surface area contributed by atoms with E-state index in [4.69, 9.17) is 27.9 Å². The zero-order valence-corrected chi connectivity index (χ0v) is 15.7. The van der Waals surface area contributed by atoms with Crippen LogP contribution in [0.2, 0.25) is 10.0 Å². The average Bonchev–Trinajstić information content (AvgIpc) is 2.82. The van der Waals surface area contributed by atoms with Crippen LogP contribution in [0.3, 0.4) is 0 Å². The summed E-state index contributed by atoms with van der Waals surface area (Å²) in [5, 5.41) is 10.4. The molecule has 1 atom stereocenters. The minimum Gasteiger partial charge on any atom is -0.501 e. The fourth-order valence-electron chi connectivity index (χ4n) is 2.53. The van der Waals surface area contributed by atoms with E-state index >= 15 is 0 Å². The molecule has 9 heteroatoms. The van der Waals surface area contributed by atoms with Crippen molar-refractivity contribution < 1.29 is 23.1 Å². The van der Waals surface area contributed by atoms with Crippen LogP contribution >= 0.6 is 23.2 Å². The molecule has 0 fully saturated rings. The lowest BCUT2D eigenvalue weighted by Gasteiger charge is -2.25. The normalized spacial score (nSPS) is 20.2. The van der Waals surface area contributed by atoms with Crippen LogP contribution in [0.1, 0.15) is 12.5 Å². The van der Waals surface area contributed by atoms with Gasteiger partial charge in [-0.05, 0) is 25.1 Å². The number of nitrogens with one attached hydrogen (secondary N) is 1. The maximum Gasteiger partial charge on any atom is 0.264 e. The number of ether oxygens (including phenoxy) is 1. The molecule has 1 heterocycles. The molecule has 0 radical (unpaired) electrons. The third-order valence-corrected chi connectivity index (χ3v) is 6.08. The maximum absolute atomic E-state index is 12.6. The van der Waals surface area contributed by atoms with Crippen molar-refractivity contribution in [1.82, 2.24) is 4.72 Å². The van der Waals surface area contributed by atoms with Crippen LogP contribution < -0.4 is 4.72 Å². The molecule has 0 aromatic heterocycles. The lowest BCUT2D eigenvalue weighted by molar-refractivity contribution is -0.131. The first-order valence-electron chi connectivity index (χ1n) is 7.36. The van der Waals surface area contributed by atoms with E-state index in [0.717, 1.165) is 0 Å². The van der Waals surface area contributed by atoms with Crippen molar-refractivity contribution in [2.75, 3.05) is 0 Å².